The van der Waals surface area contributed by atoms with Crippen molar-refractivity contribution in [3.05, 3.63) is 68.1 Å². The predicted octanol–water partition coefficient (Wildman–Crippen LogP) is 5.94. The Balaban J connectivity index is 1.60. The molecule has 0 aliphatic carbocycles. The van der Waals surface area contributed by atoms with E-state index in [1.54, 1.807) is 16.8 Å². The molecule has 0 bridgehead atoms. The van der Waals surface area contributed by atoms with Gasteiger partial charge in [0.2, 0.25) is 5.91 Å². The van der Waals surface area contributed by atoms with Gasteiger partial charge in [0.05, 0.1) is 17.5 Å². The van der Waals surface area contributed by atoms with Crippen molar-refractivity contribution >= 4 is 64.4 Å². The number of hydrogen-bond acceptors (Lipinski definition) is 5. The van der Waals surface area contributed by atoms with Crippen LogP contribution >= 0.6 is 58.5 Å². The van der Waals surface area contributed by atoms with Gasteiger partial charge >= 0.3 is 0 Å². The van der Waals surface area contributed by atoms with Crippen LogP contribution in [0.4, 0.5) is 0 Å². The molecule has 0 spiro atoms. The van der Waals surface area contributed by atoms with Crippen LogP contribution < -0.4 is 5.32 Å². The summed E-state index contributed by atoms with van der Waals surface area (Å²) in [6, 6.07) is 14.7. The predicted molar refractivity (Wildman–Crippen MR) is 116 cm³/mol. The Hall–Kier alpha value is -1.38. The Kier molecular flexibility index (Phi) is 6.94. The minimum Gasteiger partial charge on any atom is -0.349 e. The first-order chi connectivity index (χ1) is 12.9. The fourth-order valence-corrected chi connectivity index (χ4v) is 5.14. The van der Waals surface area contributed by atoms with Crippen LogP contribution in [0.1, 0.15) is 18.5 Å². The van der Waals surface area contributed by atoms with E-state index in [1.165, 1.54) is 23.1 Å². The first-order valence-corrected chi connectivity index (χ1v) is 10.9. The second-order valence-corrected chi connectivity index (χ2v) is 9.31. The van der Waals surface area contributed by atoms with E-state index in [1.807, 2.05) is 43.3 Å². The SMILES string of the molecule is CC(NC(=O)CSc1nn(-c2ccccc2)c(=S)s1)c1ccc(Cl)cc1Cl. The highest BCUT2D eigenvalue weighted by Crippen LogP contribution is 2.27. The van der Waals surface area contributed by atoms with E-state index in [0.717, 1.165) is 15.6 Å². The van der Waals surface area contributed by atoms with Gasteiger partial charge in [0.15, 0.2) is 8.29 Å². The average Bonchev–Trinajstić information content (AvgIpc) is 3.01. The highest BCUT2D eigenvalue weighted by molar-refractivity contribution is 8.01. The number of hydrogen-bond donors (Lipinski definition) is 1. The monoisotopic (exact) mass is 455 g/mol. The normalized spacial score (nSPS) is 12.0. The summed E-state index contributed by atoms with van der Waals surface area (Å²) >= 11 is 20.2. The number of carbonyl (C=O) groups excluding carboxylic acids is 1. The first kappa shape index (κ1) is 20.4. The first-order valence-electron chi connectivity index (χ1n) is 7.97. The van der Waals surface area contributed by atoms with Crippen LogP contribution in [0, 0.1) is 3.95 Å². The molecule has 1 N–H and O–H groups in total. The van der Waals surface area contributed by atoms with E-state index in [9.17, 15) is 4.79 Å². The second-order valence-electron chi connectivity index (χ2n) is 5.62. The molecule has 3 rings (SSSR count). The maximum Gasteiger partial charge on any atom is 0.230 e. The van der Waals surface area contributed by atoms with E-state index >= 15 is 0 Å². The number of carbonyl (C=O) groups is 1. The Bertz CT molecular complexity index is 1000. The number of nitrogens with one attached hydrogen (secondary N) is 1. The number of nitrogens with zero attached hydrogens (tertiary/aromatic N) is 2. The van der Waals surface area contributed by atoms with Crippen molar-refractivity contribution in [1.29, 1.82) is 0 Å². The summed E-state index contributed by atoms with van der Waals surface area (Å²) in [6.45, 7) is 1.88. The van der Waals surface area contributed by atoms with E-state index in [4.69, 9.17) is 35.4 Å². The molecule has 0 radical (unpaired) electrons. The van der Waals surface area contributed by atoms with Gasteiger partial charge in [0.1, 0.15) is 0 Å². The lowest BCUT2D eigenvalue weighted by Gasteiger charge is -2.15. The molecule has 1 unspecified atom stereocenters. The van der Waals surface area contributed by atoms with Crippen LogP contribution in [-0.4, -0.2) is 21.4 Å². The molecule has 1 aromatic heterocycles. The molecule has 1 heterocycles. The molecular weight excluding hydrogens is 441 g/mol. The van der Waals surface area contributed by atoms with Crippen molar-refractivity contribution in [2.45, 2.75) is 17.3 Å². The summed E-state index contributed by atoms with van der Waals surface area (Å²) in [5, 5.41) is 8.52. The van der Waals surface area contributed by atoms with Gasteiger partial charge in [-0.25, -0.2) is 4.68 Å². The minimum absolute atomic E-state index is 0.106. The Labute approximate surface area is 180 Å². The zero-order chi connectivity index (χ0) is 19.4. The van der Waals surface area contributed by atoms with Gasteiger partial charge < -0.3 is 5.32 Å². The van der Waals surface area contributed by atoms with Crippen molar-refractivity contribution < 1.29 is 4.79 Å². The summed E-state index contributed by atoms with van der Waals surface area (Å²) in [7, 11) is 0. The number of benzene rings is 2. The van der Waals surface area contributed by atoms with Crippen molar-refractivity contribution in [2.24, 2.45) is 0 Å². The molecular formula is C18H15Cl2N3OS3. The van der Waals surface area contributed by atoms with Crippen LogP contribution in [0.3, 0.4) is 0 Å². The molecule has 4 nitrogen and oxygen atoms in total. The third kappa shape index (κ3) is 5.33. The van der Waals surface area contributed by atoms with Gasteiger partial charge in [0, 0.05) is 10.0 Å². The van der Waals surface area contributed by atoms with Gasteiger partial charge in [-0.1, -0.05) is 70.6 Å². The van der Waals surface area contributed by atoms with Crippen LogP contribution in [0.2, 0.25) is 10.0 Å². The third-order valence-electron chi connectivity index (χ3n) is 3.66. The zero-order valence-corrected chi connectivity index (χ0v) is 18.1. The summed E-state index contributed by atoms with van der Waals surface area (Å²) in [6.07, 6.45) is 0. The highest BCUT2D eigenvalue weighted by atomic mass is 35.5. The topological polar surface area (TPSA) is 46.9 Å². The fourth-order valence-electron chi connectivity index (χ4n) is 2.39. The molecule has 1 atom stereocenters. The summed E-state index contributed by atoms with van der Waals surface area (Å²) < 4.78 is 3.10. The smallest absolute Gasteiger partial charge is 0.230 e. The molecule has 27 heavy (non-hydrogen) atoms. The molecule has 0 fully saturated rings. The molecule has 140 valence electrons. The molecule has 3 aromatic rings. The van der Waals surface area contributed by atoms with Gasteiger partial charge in [-0.05, 0) is 49.0 Å². The second kappa shape index (κ2) is 9.21. The standard InChI is InChI=1S/C18H15Cl2N3OS3/c1-11(14-8-7-12(19)9-15(14)20)21-16(24)10-26-17-22-23(18(25)27-17)13-5-3-2-4-6-13/h2-9,11H,10H2,1H3,(H,21,24). The molecule has 0 aliphatic rings. The van der Waals surface area contributed by atoms with E-state index in [0.29, 0.717) is 14.0 Å². The molecule has 0 saturated carbocycles. The Morgan fingerprint density at radius 2 is 2.04 bits per heavy atom. The number of thioether (sulfide) groups is 1. The number of para-hydroxylation sites is 1. The molecule has 0 saturated heterocycles. The minimum atomic E-state index is -0.220. The maximum atomic E-state index is 12.3. The largest absolute Gasteiger partial charge is 0.349 e. The quantitative estimate of drug-likeness (QED) is 0.368. The van der Waals surface area contributed by atoms with Gasteiger partial charge in [0.25, 0.3) is 0 Å². The van der Waals surface area contributed by atoms with E-state index in [2.05, 4.69) is 10.4 Å². The molecule has 0 aliphatic heterocycles. The van der Waals surface area contributed by atoms with Crippen molar-refractivity contribution in [2.75, 3.05) is 5.75 Å². The van der Waals surface area contributed by atoms with Crippen LogP contribution in [0.15, 0.2) is 52.9 Å². The summed E-state index contributed by atoms with van der Waals surface area (Å²) in [4.78, 5) is 12.3. The third-order valence-corrected chi connectivity index (χ3v) is 6.59. The number of amides is 1. The lowest BCUT2D eigenvalue weighted by Crippen LogP contribution is -2.28. The molecule has 9 heteroatoms. The lowest BCUT2D eigenvalue weighted by molar-refractivity contribution is -0.119. The van der Waals surface area contributed by atoms with Crippen molar-refractivity contribution in [3.63, 3.8) is 0 Å². The van der Waals surface area contributed by atoms with Crippen LogP contribution in [-0.2, 0) is 4.79 Å². The highest BCUT2D eigenvalue weighted by Gasteiger charge is 2.14. The number of halogens is 2. The molecule has 2 aromatic carbocycles. The number of aromatic nitrogens is 2. The van der Waals surface area contributed by atoms with E-state index in [-0.39, 0.29) is 17.7 Å². The fraction of sp³-hybridized carbons (Fsp3) is 0.167. The van der Waals surface area contributed by atoms with E-state index < -0.39 is 0 Å². The maximum absolute atomic E-state index is 12.3. The van der Waals surface area contributed by atoms with Crippen LogP contribution in [0.25, 0.3) is 5.69 Å². The van der Waals surface area contributed by atoms with Crippen LogP contribution in [0.5, 0.6) is 0 Å². The van der Waals surface area contributed by atoms with Gasteiger partial charge in [-0.2, -0.15) is 0 Å². The van der Waals surface area contributed by atoms with Gasteiger partial charge in [-0.3, -0.25) is 4.79 Å². The number of rotatable bonds is 6. The average molecular weight is 456 g/mol. The summed E-state index contributed by atoms with van der Waals surface area (Å²) in [5.41, 5.74) is 1.73. The van der Waals surface area contributed by atoms with Crippen molar-refractivity contribution in [1.82, 2.24) is 15.1 Å². The Morgan fingerprint density at radius 3 is 2.74 bits per heavy atom. The lowest BCUT2D eigenvalue weighted by atomic mass is 10.1. The zero-order valence-electron chi connectivity index (χ0n) is 14.2. The molecule has 1 amide bonds. The summed E-state index contributed by atoms with van der Waals surface area (Å²) in [5.74, 6) is 0.137. The Morgan fingerprint density at radius 1 is 1.30 bits per heavy atom. The van der Waals surface area contributed by atoms with Gasteiger partial charge in [-0.15, -0.1) is 5.10 Å². The van der Waals surface area contributed by atoms with Crippen molar-refractivity contribution in [3.8, 4) is 5.69 Å².